The third kappa shape index (κ3) is 2.18. The fraction of sp³-hybridized carbons (Fsp3) is 0.0526. The van der Waals surface area contributed by atoms with Crippen LogP contribution in [-0.4, -0.2) is 7.05 Å². The fourth-order valence-corrected chi connectivity index (χ4v) is 3.12. The van der Waals surface area contributed by atoms with Crippen LogP contribution in [0.2, 0.25) is 0 Å². The van der Waals surface area contributed by atoms with Gasteiger partial charge >= 0.3 is 0 Å². The molecule has 0 aromatic heterocycles. The van der Waals surface area contributed by atoms with Gasteiger partial charge in [0.05, 0.1) is 11.4 Å². The second-order valence-electron chi connectivity index (χ2n) is 5.32. The van der Waals surface area contributed by atoms with E-state index in [1.165, 1.54) is 5.56 Å². The number of hydrogen-bond donors (Lipinski definition) is 0. The summed E-state index contributed by atoms with van der Waals surface area (Å²) in [6.45, 7) is 0. The largest absolute Gasteiger partial charge is 0.453 e. The summed E-state index contributed by atoms with van der Waals surface area (Å²) in [6.07, 6.45) is 0. The van der Waals surface area contributed by atoms with Gasteiger partial charge in [-0.1, -0.05) is 52.3 Å². The van der Waals surface area contributed by atoms with E-state index >= 15 is 0 Å². The van der Waals surface area contributed by atoms with Crippen LogP contribution in [0.3, 0.4) is 0 Å². The quantitative estimate of drug-likeness (QED) is 0.533. The smallest absolute Gasteiger partial charge is 0.152 e. The van der Waals surface area contributed by atoms with Gasteiger partial charge < -0.3 is 9.64 Å². The van der Waals surface area contributed by atoms with E-state index in [-0.39, 0.29) is 0 Å². The fourth-order valence-electron chi connectivity index (χ4n) is 2.78. The number of benzene rings is 3. The van der Waals surface area contributed by atoms with Crippen LogP contribution >= 0.6 is 15.9 Å². The summed E-state index contributed by atoms with van der Waals surface area (Å²) < 4.78 is 7.14. The molecule has 1 heterocycles. The molecule has 0 saturated carbocycles. The first-order valence-corrected chi connectivity index (χ1v) is 7.92. The van der Waals surface area contributed by atoms with E-state index in [0.29, 0.717) is 0 Å². The highest BCUT2D eigenvalue weighted by Gasteiger charge is 2.22. The van der Waals surface area contributed by atoms with E-state index in [2.05, 4.69) is 64.3 Å². The highest BCUT2D eigenvalue weighted by Crippen LogP contribution is 2.47. The summed E-state index contributed by atoms with van der Waals surface area (Å²) >= 11 is 3.50. The number of anilines is 2. The zero-order valence-electron chi connectivity index (χ0n) is 12.1. The van der Waals surface area contributed by atoms with Crippen molar-refractivity contribution in [1.29, 1.82) is 0 Å². The minimum absolute atomic E-state index is 0.870. The van der Waals surface area contributed by atoms with Gasteiger partial charge in [0.15, 0.2) is 11.5 Å². The molecule has 22 heavy (non-hydrogen) atoms. The van der Waals surface area contributed by atoms with Crippen molar-refractivity contribution in [2.75, 3.05) is 11.9 Å². The average molecular weight is 352 g/mol. The third-order valence-corrected chi connectivity index (χ3v) is 4.42. The zero-order chi connectivity index (χ0) is 15.1. The maximum absolute atomic E-state index is 6.12. The summed E-state index contributed by atoms with van der Waals surface area (Å²) in [6, 6.07) is 22.8. The van der Waals surface area contributed by atoms with Gasteiger partial charge in [-0.15, -0.1) is 0 Å². The molecule has 0 unspecified atom stereocenters. The average Bonchev–Trinajstić information content (AvgIpc) is 2.55. The molecular weight excluding hydrogens is 338 g/mol. The van der Waals surface area contributed by atoms with Gasteiger partial charge in [0.25, 0.3) is 0 Å². The Balaban J connectivity index is 1.81. The van der Waals surface area contributed by atoms with Gasteiger partial charge in [0.2, 0.25) is 0 Å². The first-order valence-electron chi connectivity index (χ1n) is 7.13. The van der Waals surface area contributed by atoms with Crippen LogP contribution in [0.4, 0.5) is 11.4 Å². The second-order valence-corrected chi connectivity index (χ2v) is 6.24. The molecule has 1 aliphatic rings. The van der Waals surface area contributed by atoms with Gasteiger partial charge in [0, 0.05) is 11.5 Å². The maximum Gasteiger partial charge on any atom is 0.152 e. The summed E-state index contributed by atoms with van der Waals surface area (Å²) in [5, 5.41) is 0. The van der Waals surface area contributed by atoms with Gasteiger partial charge in [0.1, 0.15) is 0 Å². The summed E-state index contributed by atoms with van der Waals surface area (Å²) in [5.41, 5.74) is 4.50. The predicted octanol–water partition coefficient (Wildman–Crippen LogP) is 5.99. The van der Waals surface area contributed by atoms with Crippen LogP contribution < -0.4 is 9.64 Å². The summed E-state index contributed by atoms with van der Waals surface area (Å²) in [4.78, 5) is 2.16. The molecule has 0 aliphatic carbocycles. The Bertz CT molecular complexity index is 845. The summed E-state index contributed by atoms with van der Waals surface area (Å²) in [5.74, 6) is 1.75. The van der Waals surface area contributed by atoms with Crippen LogP contribution in [0.5, 0.6) is 11.5 Å². The highest BCUT2D eigenvalue weighted by molar-refractivity contribution is 9.10. The van der Waals surface area contributed by atoms with Crippen molar-refractivity contribution in [2.24, 2.45) is 0 Å². The standard InChI is InChI=1S/C19H14BrNO/c1-21-16-9-7-14(13-5-3-2-4-6-13)11-18(16)22-19-12-15(20)8-10-17(19)21/h2-12H,1H3. The lowest BCUT2D eigenvalue weighted by molar-refractivity contribution is 0.475. The molecule has 0 spiro atoms. The number of ether oxygens (including phenoxy) is 1. The Labute approximate surface area is 138 Å². The molecule has 3 aromatic carbocycles. The van der Waals surface area contributed by atoms with E-state index in [1.807, 2.05) is 30.3 Å². The van der Waals surface area contributed by atoms with Crippen molar-refractivity contribution in [3.63, 3.8) is 0 Å². The lowest BCUT2D eigenvalue weighted by Gasteiger charge is -2.30. The van der Waals surface area contributed by atoms with Crippen molar-refractivity contribution in [1.82, 2.24) is 0 Å². The van der Waals surface area contributed by atoms with Crippen molar-refractivity contribution < 1.29 is 4.74 Å². The first kappa shape index (κ1) is 13.4. The predicted molar refractivity (Wildman–Crippen MR) is 94.2 cm³/mol. The third-order valence-electron chi connectivity index (χ3n) is 3.93. The second kappa shape index (κ2) is 5.18. The maximum atomic E-state index is 6.12. The minimum atomic E-state index is 0.870. The van der Waals surface area contributed by atoms with Gasteiger partial charge in [-0.25, -0.2) is 0 Å². The van der Waals surface area contributed by atoms with E-state index in [0.717, 1.165) is 32.9 Å². The van der Waals surface area contributed by atoms with Crippen molar-refractivity contribution in [3.05, 3.63) is 71.2 Å². The Kier molecular flexibility index (Phi) is 3.16. The van der Waals surface area contributed by atoms with E-state index in [9.17, 15) is 0 Å². The molecule has 108 valence electrons. The van der Waals surface area contributed by atoms with Crippen LogP contribution in [0, 0.1) is 0 Å². The van der Waals surface area contributed by atoms with Crippen molar-refractivity contribution in [2.45, 2.75) is 0 Å². The lowest BCUT2D eigenvalue weighted by atomic mass is 10.0. The minimum Gasteiger partial charge on any atom is -0.453 e. The molecule has 0 amide bonds. The van der Waals surface area contributed by atoms with Gasteiger partial charge in [-0.2, -0.15) is 0 Å². The molecule has 0 saturated heterocycles. The molecular formula is C19H14BrNO. The molecule has 0 radical (unpaired) electrons. The SMILES string of the molecule is CN1c2ccc(Br)cc2Oc2cc(-c3ccccc3)ccc21. The van der Waals surface area contributed by atoms with Crippen LogP contribution in [-0.2, 0) is 0 Å². The Morgan fingerprint density at radius 3 is 2.23 bits per heavy atom. The number of nitrogens with zero attached hydrogens (tertiary/aromatic N) is 1. The van der Waals surface area contributed by atoms with Gasteiger partial charge in [-0.05, 0) is 41.5 Å². The lowest BCUT2D eigenvalue weighted by Crippen LogP contribution is -2.15. The molecule has 1 aliphatic heterocycles. The van der Waals surface area contributed by atoms with Crippen LogP contribution in [0.1, 0.15) is 0 Å². The number of rotatable bonds is 1. The Hall–Kier alpha value is -2.26. The number of halogens is 1. The van der Waals surface area contributed by atoms with E-state index in [1.54, 1.807) is 0 Å². The topological polar surface area (TPSA) is 12.5 Å². The van der Waals surface area contributed by atoms with Gasteiger partial charge in [-0.3, -0.25) is 0 Å². The van der Waals surface area contributed by atoms with Crippen LogP contribution in [0.15, 0.2) is 71.2 Å². The number of hydrogen-bond acceptors (Lipinski definition) is 2. The zero-order valence-corrected chi connectivity index (χ0v) is 13.7. The Morgan fingerprint density at radius 2 is 1.45 bits per heavy atom. The molecule has 0 N–H and O–H groups in total. The normalized spacial score (nSPS) is 12.4. The van der Waals surface area contributed by atoms with Crippen molar-refractivity contribution >= 4 is 27.3 Å². The highest BCUT2D eigenvalue weighted by atomic mass is 79.9. The molecule has 0 bridgehead atoms. The molecule has 0 fully saturated rings. The van der Waals surface area contributed by atoms with E-state index < -0.39 is 0 Å². The summed E-state index contributed by atoms with van der Waals surface area (Å²) in [7, 11) is 2.07. The molecule has 0 atom stereocenters. The monoisotopic (exact) mass is 351 g/mol. The number of fused-ring (bicyclic) bond motifs is 2. The molecule has 3 heteroatoms. The first-order chi connectivity index (χ1) is 10.7. The van der Waals surface area contributed by atoms with Crippen molar-refractivity contribution in [3.8, 4) is 22.6 Å². The van der Waals surface area contributed by atoms with E-state index in [4.69, 9.17) is 4.74 Å². The molecule has 2 nitrogen and oxygen atoms in total. The Morgan fingerprint density at radius 1 is 0.773 bits per heavy atom. The molecule has 3 aromatic rings. The molecule has 4 rings (SSSR count). The van der Waals surface area contributed by atoms with Crippen LogP contribution in [0.25, 0.3) is 11.1 Å².